The number of carbonyl (C=O) groups is 1. The highest BCUT2D eigenvalue weighted by molar-refractivity contribution is 7.15. The molecule has 0 aromatic carbocycles. The third-order valence-corrected chi connectivity index (χ3v) is 4.66. The lowest BCUT2D eigenvalue weighted by molar-refractivity contribution is -0.121. The Balaban J connectivity index is 1.63. The minimum atomic E-state index is 0.00616. The van der Waals surface area contributed by atoms with Crippen LogP contribution >= 0.6 is 22.7 Å². The molecule has 3 aromatic rings. The smallest absolute Gasteiger partial charge is 0.226 e. The van der Waals surface area contributed by atoms with E-state index >= 15 is 0 Å². The molecule has 1 N–H and O–H groups in total. The van der Waals surface area contributed by atoms with E-state index in [0.717, 1.165) is 10.7 Å². The summed E-state index contributed by atoms with van der Waals surface area (Å²) < 4.78 is 1.94. The highest BCUT2D eigenvalue weighted by Gasteiger charge is 2.12. The molecular weight excluding hydrogens is 278 g/mol. The second-order valence-electron chi connectivity index (χ2n) is 4.31. The highest BCUT2D eigenvalue weighted by Crippen LogP contribution is 2.18. The van der Waals surface area contributed by atoms with Gasteiger partial charge in [0.05, 0.1) is 18.2 Å². The number of rotatable bonds is 4. The van der Waals surface area contributed by atoms with Crippen molar-refractivity contribution in [3.63, 3.8) is 0 Å². The zero-order chi connectivity index (χ0) is 13.2. The van der Waals surface area contributed by atoms with Gasteiger partial charge in [0.1, 0.15) is 0 Å². The molecular formula is C13H13N3OS2. The Morgan fingerprint density at radius 2 is 2.37 bits per heavy atom. The van der Waals surface area contributed by atoms with Crippen molar-refractivity contribution in [2.75, 3.05) is 0 Å². The van der Waals surface area contributed by atoms with Crippen LogP contribution in [-0.4, -0.2) is 15.3 Å². The normalized spacial score (nSPS) is 12.7. The summed E-state index contributed by atoms with van der Waals surface area (Å²) in [6.07, 6.45) is 4.17. The van der Waals surface area contributed by atoms with Gasteiger partial charge in [-0.15, -0.1) is 22.7 Å². The van der Waals surface area contributed by atoms with Crippen molar-refractivity contribution in [2.24, 2.45) is 0 Å². The molecule has 1 atom stereocenters. The molecule has 0 bridgehead atoms. The number of fused-ring (bicyclic) bond motifs is 1. The molecule has 0 saturated carbocycles. The van der Waals surface area contributed by atoms with Crippen LogP contribution in [0.1, 0.15) is 23.5 Å². The molecule has 0 aliphatic heterocycles. The topological polar surface area (TPSA) is 46.4 Å². The van der Waals surface area contributed by atoms with Crippen molar-refractivity contribution in [3.8, 4) is 0 Å². The first-order valence-corrected chi connectivity index (χ1v) is 7.72. The lowest BCUT2D eigenvalue weighted by Gasteiger charge is -2.11. The maximum atomic E-state index is 12.0. The average molecular weight is 291 g/mol. The lowest BCUT2D eigenvalue weighted by Crippen LogP contribution is -2.27. The Hall–Kier alpha value is -1.66. The van der Waals surface area contributed by atoms with E-state index in [1.165, 1.54) is 4.88 Å². The molecule has 0 spiro atoms. The van der Waals surface area contributed by atoms with Crippen molar-refractivity contribution in [3.05, 3.63) is 45.9 Å². The van der Waals surface area contributed by atoms with Gasteiger partial charge in [-0.05, 0) is 18.4 Å². The first kappa shape index (κ1) is 12.4. The third-order valence-electron chi connectivity index (χ3n) is 2.83. The van der Waals surface area contributed by atoms with Crippen LogP contribution in [0.2, 0.25) is 0 Å². The number of thiophene rings is 1. The van der Waals surface area contributed by atoms with E-state index in [-0.39, 0.29) is 11.9 Å². The van der Waals surface area contributed by atoms with E-state index in [1.54, 1.807) is 22.7 Å². The molecule has 3 rings (SSSR count). The predicted molar refractivity (Wildman–Crippen MR) is 77.6 cm³/mol. The van der Waals surface area contributed by atoms with Crippen LogP contribution in [0.25, 0.3) is 4.96 Å². The molecule has 0 fully saturated rings. The van der Waals surface area contributed by atoms with Gasteiger partial charge in [-0.1, -0.05) is 6.07 Å². The van der Waals surface area contributed by atoms with Gasteiger partial charge in [0.15, 0.2) is 4.96 Å². The van der Waals surface area contributed by atoms with Crippen molar-refractivity contribution in [1.29, 1.82) is 0 Å². The number of carbonyl (C=O) groups excluding carboxylic acids is 1. The summed E-state index contributed by atoms with van der Waals surface area (Å²) in [5.74, 6) is 0.00616. The van der Waals surface area contributed by atoms with Crippen LogP contribution in [0, 0.1) is 0 Å². The number of hydrogen-bond acceptors (Lipinski definition) is 4. The standard InChI is InChI=1S/C13H13N3OS2/c1-9(11-3-2-5-18-11)14-12(17)7-10-8-16-4-6-19-13(16)15-10/h2-6,8-9H,7H2,1H3,(H,14,17). The lowest BCUT2D eigenvalue weighted by atomic mass is 10.2. The van der Waals surface area contributed by atoms with Gasteiger partial charge >= 0.3 is 0 Å². The van der Waals surface area contributed by atoms with Crippen molar-refractivity contribution < 1.29 is 4.79 Å². The number of nitrogens with one attached hydrogen (secondary N) is 1. The van der Waals surface area contributed by atoms with Crippen LogP contribution in [0.15, 0.2) is 35.3 Å². The van der Waals surface area contributed by atoms with E-state index in [1.807, 2.05) is 46.6 Å². The van der Waals surface area contributed by atoms with E-state index in [2.05, 4.69) is 10.3 Å². The Bertz CT molecular complexity index is 655. The largest absolute Gasteiger partial charge is 0.348 e. The molecule has 3 aromatic heterocycles. The molecule has 0 aliphatic carbocycles. The molecule has 1 amide bonds. The maximum Gasteiger partial charge on any atom is 0.226 e. The molecule has 1 unspecified atom stereocenters. The fraction of sp³-hybridized carbons (Fsp3) is 0.231. The summed E-state index contributed by atoms with van der Waals surface area (Å²) in [7, 11) is 0. The van der Waals surface area contributed by atoms with Crippen molar-refractivity contribution in [1.82, 2.24) is 14.7 Å². The summed E-state index contributed by atoms with van der Waals surface area (Å²) in [5.41, 5.74) is 0.808. The van der Waals surface area contributed by atoms with Gasteiger partial charge in [-0.3, -0.25) is 9.20 Å². The van der Waals surface area contributed by atoms with Crippen molar-refractivity contribution >= 4 is 33.5 Å². The minimum absolute atomic E-state index is 0.00616. The van der Waals surface area contributed by atoms with Gasteiger partial charge in [-0.2, -0.15) is 0 Å². The fourth-order valence-corrected chi connectivity index (χ4v) is 3.38. The number of nitrogens with zero attached hydrogens (tertiary/aromatic N) is 2. The number of thiazole rings is 1. The molecule has 0 radical (unpaired) electrons. The van der Waals surface area contributed by atoms with Gasteiger partial charge in [0.25, 0.3) is 0 Å². The van der Waals surface area contributed by atoms with Crippen LogP contribution in [0.4, 0.5) is 0 Å². The molecule has 0 aliphatic rings. The Labute approximate surface area is 118 Å². The summed E-state index contributed by atoms with van der Waals surface area (Å²) in [6.45, 7) is 2.00. The first-order chi connectivity index (χ1) is 9.22. The number of imidazole rings is 1. The van der Waals surface area contributed by atoms with E-state index in [9.17, 15) is 4.79 Å². The van der Waals surface area contributed by atoms with Crippen LogP contribution in [0.3, 0.4) is 0 Å². The van der Waals surface area contributed by atoms with E-state index in [0.29, 0.717) is 6.42 Å². The van der Waals surface area contributed by atoms with E-state index < -0.39 is 0 Å². The summed E-state index contributed by atoms with van der Waals surface area (Å²) >= 11 is 3.22. The van der Waals surface area contributed by atoms with Crippen molar-refractivity contribution in [2.45, 2.75) is 19.4 Å². The molecule has 4 nitrogen and oxygen atoms in total. The maximum absolute atomic E-state index is 12.0. The monoisotopic (exact) mass is 291 g/mol. The van der Waals surface area contributed by atoms with Crippen LogP contribution in [0.5, 0.6) is 0 Å². The zero-order valence-corrected chi connectivity index (χ0v) is 12.0. The molecule has 6 heteroatoms. The second kappa shape index (κ2) is 5.14. The van der Waals surface area contributed by atoms with Gasteiger partial charge in [0.2, 0.25) is 5.91 Å². The van der Waals surface area contributed by atoms with Gasteiger partial charge < -0.3 is 5.32 Å². The van der Waals surface area contributed by atoms with Gasteiger partial charge in [-0.25, -0.2) is 4.98 Å². The SMILES string of the molecule is CC(NC(=O)Cc1cn2ccsc2n1)c1cccs1. The highest BCUT2D eigenvalue weighted by atomic mass is 32.1. The summed E-state index contributed by atoms with van der Waals surface area (Å²) in [5, 5.41) is 6.99. The quantitative estimate of drug-likeness (QED) is 0.803. The molecule has 98 valence electrons. The molecule has 19 heavy (non-hydrogen) atoms. The average Bonchev–Trinajstić information content (AvgIpc) is 3.03. The fourth-order valence-electron chi connectivity index (χ4n) is 1.93. The predicted octanol–water partition coefficient (Wildman–Crippen LogP) is 2.88. The Kier molecular flexibility index (Phi) is 3.35. The second-order valence-corrected chi connectivity index (χ2v) is 6.16. The third kappa shape index (κ3) is 2.69. The number of amides is 1. The Morgan fingerprint density at radius 3 is 3.11 bits per heavy atom. The van der Waals surface area contributed by atoms with Gasteiger partial charge in [0, 0.05) is 22.7 Å². The summed E-state index contributed by atoms with van der Waals surface area (Å²) in [6, 6.07) is 4.07. The van der Waals surface area contributed by atoms with E-state index in [4.69, 9.17) is 0 Å². The minimum Gasteiger partial charge on any atom is -0.348 e. The zero-order valence-electron chi connectivity index (χ0n) is 10.4. The molecule has 0 saturated heterocycles. The van der Waals surface area contributed by atoms with Crippen LogP contribution in [-0.2, 0) is 11.2 Å². The number of hydrogen-bond donors (Lipinski definition) is 1. The number of aromatic nitrogens is 2. The Morgan fingerprint density at radius 1 is 1.47 bits per heavy atom. The molecule has 3 heterocycles. The first-order valence-electron chi connectivity index (χ1n) is 5.96. The summed E-state index contributed by atoms with van der Waals surface area (Å²) in [4.78, 5) is 18.5. The van der Waals surface area contributed by atoms with Crippen LogP contribution < -0.4 is 5.32 Å².